The molecule has 1 fully saturated rings. The average Bonchev–Trinajstić information content (AvgIpc) is 3.36. The van der Waals surface area contributed by atoms with Crippen molar-refractivity contribution >= 4 is 17.6 Å². The summed E-state index contributed by atoms with van der Waals surface area (Å²) >= 11 is 0. The van der Waals surface area contributed by atoms with Crippen LogP contribution in [-0.4, -0.2) is 41.5 Å². The fraction of sp³-hybridized carbons (Fsp3) is 0.409. The molecule has 2 heterocycles. The van der Waals surface area contributed by atoms with Gasteiger partial charge in [0.1, 0.15) is 29.5 Å². The SMILES string of the molecule is C[C@H](NC(=O)[C@H]1C[C@@H](Oc2ccc(F)cc2)CN1)C(=O)N[C@@H]1CCc2nc(N)ccc21. The van der Waals surface area contributed by atoms with Crippen LogP contribution >= 0.6 is 0 Å². The fourth-order valence-corrected chi connectivity index (χ4v) is 4.01. The minimum atomic E-state index is -0.683. The molecule has 1 aliphatic carbocycles. The van der Waals surface area contributed by atoms with Gasteiger partial charge in [0.05, 0.1) is 12.1 Å². The Morgan fingerprint density at radius 1 is 1.26 bits per heavy atom. The number of fused-ring (bicyclic) bond motifs is 1. The third kappa shape index (κ3) is 4.93. The number of carbonyl (C=O) groups excluding carboxylic acids is 2. The maximum Gasteiger partial charge on any atom is 0.242 e. The van der Waals surface area contributed by atoms with Gasteiger partial charge in [0.15, 0.2) is 0 Å². The van der Waals surface area contributed by atoms with E-state index in [1.807, 2.05) is 6.07 Å². The van der Waals surface area contributed by atoms with E-state index in [2.05, 4.69) is 20.9 Å². The van der Waals surface area contributed by atoms with Crippen molar-refractivity contribution in [2.24, 2.45) is 0 Å². The van der Waals surface area contributed by atoms with E-state index in [1.54, 1.807) is 25.1 Å². The molecular formula is C22H26FN5O3. The van der Waals surface area contributed by atoms with Crippen LogP contribution in [-0.2, 0) is 16.0 Å². The van der Waals surface area contributed by atoms with Gasteiger partial charge in [-0.05, 0) is 55.7 Å². The lowest BCUT2D eigenvalue weighted by atomic mass is 10.1. The molecule has 1 aromatic heterocycles. The molecule has 1 aromatic carbocycles. The lowest BCUT2D eigenvalue weighted by Gasteiger charge is -2.20. The summed E-state index contributed by atoms with van der Waals surface area (Å²) in [5.41, 5.74) is 7.60. The summed E-state index contributed by atoms with van der Waals surface area (Å²) in [7, 11) is 0. The monoisotopic (exact) mass is 427 g/mol. The topological polar surface area (TPSA) is 118 Å². The first-order valence-electron chi connectivity index (χ1n) is 10.4. The third-order valence-corrected chi connectivity index (χ3v) is 5.67. The van der Waals surface area contributed by atoms with Gasteiger partial charge in [-0.15, -0.1) is 0 Å². The molecule has 1 aliphatic heterocycles. The zero-order valence-electron chi connectivity index (χ0n) is 17.2. The van der Waals surface area contributed by atoms with Crippen LogP contribution in [0.15, 0.2) is 36.4 Å². The highest BCUT2D eigenvalue weighted by atomic mass is 19.1. The smallest absolute Gasteiger partial charge is 0.242 e. The highest BCUT2D eigenvalue weighted by Crippen LogP contribution is 2.30. The van der Waals surface area contributed by atoms with E-state index < -0.39 is 12.1 Å². The first-order chi connectivity index (χ1) is 14.9. The van der Waals surface area contributed by atoms with Gasteiger partial charge >= 0.3 is 0 Å². The van der Waals surface area contributed by atoms with Gasteiger partial charge in [-0.3, -0.25) is 9.59 Å². The molecule has 0 bridgehead atoms. The molecule has 0 radical (unpaired) electrons. The molecule has 8 nitrogen and oxygen atoms in total. The third-order valence-electron chi connectivity index (χ3n) is 5.67. The highest BCUT2D eigenvalue weighted by Gasteiger charge is 2.33. The summed E-state index contributed by atoms with van der Waals surface area (Å²) in [6, 6.07) is 8.12. The van der Waals surface area contributed by atoms with Crippen LogP contribution in [0.5, 0.6) is 5.75 Å². The summed E-state index contributed by atoms with van der Waals surface area (Å²) < 4.78 is 18.8. The number of hydrogen-bond acceptors (Lipinski definition) is 6. The standard InChI is InChI=1S/C22H26FN5O3/c1-12(21(29)28-18-8-7-17-16(18)6-9-20(24)27-17)26-22(30)19-10-15(11-25-19)31-14-4-2-13(23)3-5-14/h2-6,9,12,15,18-19,25H,7-8,10-11H2,1H3,(H2,24,27)(H,26,30)(H,28,29)/t12-,15+,18+,19+/m0/s1. The summed E-state index contributed by atoms with van der Waals surface area (Å²) in [5.74, 6) is 0.185. The second kappa shape index (κ2) is 8.89. The van der Waals surface area contributed by atoms with Crippen LogP contribution in [0.3, 0.4) is 0 Å². The van der Waals surface area contributed by atoms with Crippen LogP contribution in [0.1, 0.15) is 37.1 Å². The van der Waals surface area contributed by atoms with E-state index in [0.717, 1.165) is 24.1 Å². The van der Waals surface area contributed by atoms with Crippen molar-refractivity contribution in [1.29, 1.82) is 0 Å². The fourth-order valence-electron chi connectivity index (χ4n) is 4.01. The molecule has 0 unspecified atom stereocenters. The second-order valence-corrected chi connectivity index (χ2v) is 7.99. The van der Waals surface area contributed by atoms with Crippen molar-refractivity contribution < 1.29 is 18.7 Å². The number of carbonyl (C=O) groups is 2. The molecule has 164 valence electrons. The van der Waals surface area contributed by atoms with Crippen molar-refractivity contribution in [3.63, 3.8) is 0 Å². The van der Waals surface area contributed by atoms with Crippen molar-refractivity contribution in [2.45, 2.75) is 50.4 Å². The van der Waals surface area contributed by atoms with Crippen LogP contribution in [0.25, 0.3) is 0 Å². The minimum absolute atomic E-state index is 0.131. The number of hydrogen-bond donors (Lipinski definition) is 4. The number of benzene rings is 1. The molecule has 2 amide bonds. The number of nitrogens with two attached hydrogens (primary N) is 1. The predicted octanol–water partition coefficient (Wildman–Crippen LogP) is 1.22. The van der Waals surface area contributed by atoms with Gasteiger partial charge in [0.2, 0.25) is 11.8 Å². The Bertz CT molecular complexity index is 968. The summed E-state index contributed by atoms with van der Waals surface area (Å²) in [6.07, 6.45) is 1.76. The van der Waals surface area contributed by atoms with Crippen molar-refractivity contribution in [3.8, 4) is 5.75 Å². The maximum atomic E-state index is 13.0. The Labute approximate surface area is 179 Å². The highest BCUT2D eigenvalue weighted by molar-refractivity contribution is 5.89. The van der Waals surface area contributed by atoms with E-state index in [4.69, 9.17) is 10.5 Å². The van der Waals surface area contributed by atoms with Crippen LogP contribution in [0.4, 0.5) is 10.2 Å². The Hall–Kier alpha value is -3.20. The number of aryl methyl sites for hydroxylation is 1. The largest absolute Gasteiger partial charge is 0.489 e. The summed E-state index contributed by atoms with van der Waals surface area (Å²) in [5, 5.41) is 8.86. The first-order valence-corrected chi connectivity index (χ1v) is 10.4. The Balaban J connectivity index is 1.26. The quantitative estimate of drug-likeness (QED) is 0.551. The number of nitrogens with zero attached hydrogens (tertiary/aromatic N) is 1. The maximum absolute atomic E-state index is 13.0. The second-order valence-electron chi connectivity index (χ2n) is 7.99. The summed E-state index contributed by atoms with van der Waals surface area (Å²) in [6.45, 7) is 2.15. The number of pyridine rings is 1. The number of amides is 2. The predicted molar refractivity (Wildman–Crippen MR) is 113 cm³/mol. The van der Waals surface area contributed by atoms with Gasteiger partial charge in [-0.2, -0.15) is 0 Å². The Morgan fingerprint density at radius 2 is 2.03 bits per heavy atom. The normalized spacial score (nSPS) is 23.1. The molecule has 1 saturated heterocycles. The van der Waals surface area contributed by atoms with Gasteiger partial charge in [0, 0.05) is 18.7 Å². The first kappa shape index (κ1) is 21.0. The molecule has 4 rings (SSSR count). The lowest BCUT2D eigenvalue weighted by Crippen LogP contribution is -2.50. The molecule has 2 aliphatic rings. The molecule has 2 aromatic rings. The number of halogens is 1. The lowest BCUT2D eigenvalue weighted by molar-refractivity contribution is -0.129. The zero-order chi connectivity index (χ0) is 22.0. The zero-order valence-corrected chi connectivity index (χ0v) is 17.2. The Morgan fingerprint density at radius 3 is 2.81 bits per heavy atom. The van der Waals surface area contributed by atoms with Gasteiger partial charge in [0.25, 0.3) is 0 Å². The Kier molecular flexibility index (Phi) is 6.03. The van der Waals surface area contributed by atoms with Crippen molar-refractivity contribution in [3.05, 3.63) is 53.5 Å². The summed E-state index contributed by atoms with van der Waals surface area (Å²) in [4.78, 5) is 29.5. The number of aromatic nitrogens is 1. The van der Waals surface area contributed by atoms with Gasteiger partial charge in [-0.1, -0.05) is 6.07 Å². The number of anilines is 1. The van der Waals surface area contributed by atoms with Crippen molar-refractivity contribution in [1.82, 2.24) is 20.9 Å². The average molecular weight is 427 g/mol. The van der Waals surface area contributed by atoms with Crippen molar-refractivity contribution in [2.75, 3.05) is 12.3 Å². The molecule has 4 atom stereocenters. The van der Waals surface area contributed by atoms with Gasteiger partial charge in [-0.25, -0.2) is 9.37 Å². The van der Waals surface area contributed by atoms with Gasteiger partial charge < -0.3 is 26.4 Å². The molecule has 9 heteroatoms. The molecular weight excluding hydrogens is 401 g/mol. The van der Waals surface area contributed by atoms with E-state index in [9.17, 15) is 14.0 Å². The van der Waals surface area contributed by atoms with Crippen LogP contribution < -0.4 is 26.4 Å². The van der Waals surface area contributed by atoms with E-state index in [1.165, 1.54) is 12.1 Å². The minimum Gasteiger partial charge on any atom is -0.489 e. The molecule has 31 heavy (non-hydrogen) atoms. The number of rotatable bonds is 6. The van der Waals surface area contributed by atoms with Crippen LogP contribution in [0.2, 0.25) is 0 Å². The molecule has 5 N–H and O–H groups in total. The van der Waals surface area contributed by atoms with E-state index in [-0.39, 0.29) is 29.8 Å². The van der Waals surface area contributed by atoms with E-state index in [0.29, 0.717) is 24.5 Å². The number of ether oxygens (including phenoxy) is 1. The molecule has 0 spiro atoms. The van der Waals surface area contributed by atoms with E-state index >= 15 is 0 Å². The van der Waals surface area contributed by atoms with Crippen LogP contribution in [0, 0.1) is 5.82 Å². The number of nitrogens with one attached hydrogen (secondary N) is 3. The molecule has 0 saturated carbocycles. The number of nitrogen functional groups attached to an aromatic ring is 1.